The fourth-order valence-corrected chi connectivity index (χ4v) is 2.65. The zero-order chi connectivity index (χ0) is 12.7. The Kier molecular flexibility index (Phi) is 2.47. The van der Waals surface area contributed by atoms with E-state index >= 15 is 0 Å². The van der Waals surface area contributed by atoms with Crippen molar-refractivity contribution in [3.63, 3.8) is 0 Å². The van der Waals surface area contributed by atoms with Crippen LogP contribution in [0, 0.1) is 0 Å². The minimum atomic E-state index is -0.333. The van der Waals surface area contributed by atoms with Gasteiger partial charge in [0.25, 0.3) is 5.91 Å². The van der Waals surface area contributed by atoms with E-state index in [1.807, 2.05) is 6.07 Å². The molecule has 3 N–H and O–H groups in total. The normalized spacial score (nSPS) is 22.9. The lowest BCUT2D eigenvalue weighted by molar-refractivity contribution is -0.127. The van der Waals surface area contributed by atoms with Crippen LogP contribution in [0.1, 0.15) is 28.8 Å². The highest BCUT2D eigenvalue weighted by molar-refractivity contribution is 6.01. The first-order valence-electron chi connectivity index (χ1n) is 6.14. The molecule has 0 radical (unpaired) electrons. The molecule has 1 fully saturated rings. The Hall–Kier alpha value is -2.04. The molecule has 1 atom stereocenters. The van der Waals surface area contributed by atoms with Crippen molar-refractivity contribution in [3.05, 3.63) is 29.3 Å². The molecular formula is C13H15N3O2. The molecular weight excluding hydrogens is 230 g/mol. The number of nitrogens with one attached hydrogen (secondary N) is 1. The minimum absolute atomic E-state index is 0.0459. The number of piperidine rings is 1. The van der Waals surface area contributed by atoms with Gasteiger partial charge in [-0.25, -0.2) is 0 Å². The van der Waals surface area contributed by atoms with Crippen molar-refractivity contribution in [1.29, 1.82) is 0 Å². The molecule has 0 saturated carbocycles. The highest BCUT2D eigenvalue weighted by Crippen LogP contribution is 2.28. The second kappa shape index (κ2) is 4.01. The molecule has 1 saturated heterocycles. The van der Waals surface area contributed by atoms with Gasteiger partial charge < -0.3 is 16.0 Å². The Labute approximate surface area is 105 Å². The Bertz CT molecular complexity index is 527. The topological polar surface area (TPSA) is 75.4 Å². The zero-order valence-electron chi connectivity index (χ0n) is 9.98. The lowest BCUT2D eigenvalue weighted by atomic mass is 10.1. The van der Waals surface area contributed by atoms with Gasteiger partial charge in [-0.05, 0) is 30.5 Å². The summed E-state index contributed by atoms with van der Waals surface area (Å²) in [5.74, 6) is -0.130. The summed E-state index contributed by atoms with van der Waals surface area (Å²) in [7, 11) is 0. The van der Waals surface area contributed by atoms with Crippen LogP contribution in [0.15, 0.2) is 18.2 Å². The van der Waals surface area contributed by atoms with E-state index < -0.39 is 0 Å². The number of hydrogen-bond acceptors (Lipinski definition) is 3. The Morgan fingerprint density at radius 1 is 1.33 bits per heavy atom. The van der Waals surface area contributed by atoms with Crippen molar-refractivity contribution in [3.8, 4) is 0 Å². The zero-order valence-corrected chi connectivity index (χ0v) is 9.98. The molecule has 3 rings (SSSR count). The van der Waals surface area contributed by atoms with Gasteiger partial charge in [-0.3, -0.25) is 9.59 Å². The Morgan fingerprint density at radius 3 is 2.94 bits per heavy atom. The van der Waals surface area contributed by atoms with E-state index in [4.69, 9.17) is 5.73 Å². The summed E-state index contributed by atoms with van der Waals surface area (Å²) < 4.78 is 0. The number of nitrogens with zero attached hydrogens (tertiary/aromatic N) is 1. The second-order valence-electron chi connectivity index (χ2n) is 4.80. The Morgan fingerprint density at radius 2 is 2.17 bits per heavy atom. The molecule has 0 spiro atoms. The first-order valence-corrected chi connectivity index (χ1v) is 6.14. The number of nitrogens with two attached hydrogens (primary N) is 1. The number of benzene rings is 1. The average molecular weight is 245 g/mol. The lowest BCUT2D eigenvalue weighted by Gasteiger charge is -2.30. The Balaban J connectivity index is 1.90. The van der Waals surface area contributed by atoms with Gasteiger partial charge in [-0.1, -0.05) is 6.07 Å². The summed E-state index contributed by atoms with van der Waals surface area (Å²) in [6.45, 7) is 1.21. The van der Waals surface area contributed by atoms with Crippen molar-refractivity contribution in [2.24, 2.45) is 0 Å². The van der Waals surface area contributed by atoms with Crippen LogP contribution in [0.4, 0.5) is 5.69 Å². The van der Waals surface area contributed by atoms with Crippen molar-refractivity contribution in [2.45, 2.75) is 25.4 Å². The van der Waals surface area contributed by atoms with Crippen molar-refractivity contribution >= 4 is 17.5 Å². The minimum Gasteiger partial charge on any atom is -0.399 e. The summed E-state index contributed by atoms with van der Waals surface area (Å²) in [5.41, 5.74) is 7.86. The first kappa shape index (κ1) is 11.1. The van der Waals surface area contributed by atoms with Gasteiger partial charge in [-0.2, -0.15) is 0 Å². The van der Waals surface area contributed by atoms with Gasteiger partial charge in [0.1, 0.15) is 6.04 Å². The van der Waals surface area contributed by atoms with Gasteiger partial charge in [0.15, 0.2) is 0 Å². The summed E-state index contributed by atoms with van der Waals surface area (Å²) in [5, 5.41) is 2.81. The average Bonchev–Trinajstić information content (AvgIpc) is 2.68. The molecule has 1 unspecified atom stereocenters. The van der Waals surface area contributed by atoms with Crippen molar-refractivity contribution in [2.75, 3.05) is 12.3 Å². The van der Waals surface area contributed by atoms with Crippen molar-refractivity contribution < 1.29 is 9.59 Å². The molecule has 2 aliphatic rings. The maximum absolute atomic E-state index is 12.3. The SMILES string of the molecule is Nc1ccc2c(c1)C(=O)N(C1CCCNC1=O)C2. The fraction of sp³-hybridized carbons (Fsp3) is 0.385. The highest BCUT2D eigenvalue weighted by atomic mass is 16.2. The molecule has 5 heteroatoms. The van der Waals surface area contributed by atoms with Gasteiger partial charge in [0, 0.05) is 24.3 Å². The van der Waals surface area contributed by atoms with Gasteiger partial charge in [-0.15, -0.1) is 0 Å². The largest absolute Gasteiger partial charge is 0.399 e. The summed E-state index contributed by atoms with van der Waals surface area (Å²) in [6.07, 6.45) is 1.65. The molecule has 2 heterocycles. The van der Waals surface area contributed by atoms with E-state index in [9.17, 15) is 9.59 Å². The molecule has 1 aromatic carbocycles. The van der Waals surface area contributed by atoms with Gasteiger partial charge in [0.2, 0.25) is 5.91 Å². The fourth-order valence-electron chi connectivity index (χ4n) is 2.65. The summed E-state index contributed by atoms with van der Waals surface area (Å²) in [4.78, 5) is 25.8. The van der Waals surface area contributed by atoms with Crippen LogP contribution in [-0.4, -0.2) is 29.3 Å². The van der Waals surface area contributed by atoms with Crippen molar-refractivity contribution in [1.82, 2.24) is 10.2 Å². The third kappa shape index (κ3) is 1.63. The highest BCUT2D eigenvalue weighted by Gasteiger charge is 2.37. The number of nitrogen functional groups attached to an aromatic ring is 1. The maximum atomic E-state index is 12.3. The standard InChI is InChI=1S/C13H15N3O2/c14-9-4-3-8-7-16(13(18)10(8)6-9)11-2-1-5-15-12(11)17/h3-4,6,11H,1-2,5,7,14H2,(H,15,17). The molecule has 0 aliphatic carbocycles. The number of hydrogen-bond donors (Lipinski definition) is 2. The number of carbonyl (C=O) groups excluding carboxylic acids is 2. The molecule has 5 nitrogen and oxygen atoms in total. The molecule has 2 amide bonds. The van der Waals surface area contributed by atoms with E-state index in [2.05, 4.69) is 5.32 Å². The van der Waals surface area contributed by atoms with Crippen LogP contribution in [0.3, 0.4) is 0 Å². The monoisotopic (exact) mass is 245 g/mol. The van der Waals surface area contributed by atoms with Crippen LogP contribution in [0.2, 0.25) is 0 Å². The third-order valence-electron chi connectivity index (χ3n) is 3.60. The number of anilines is 1. The second-order valence-corrected chi connectivity index (χ2v) is 4.80. The van der Waals surface area contributed by atoms with Crippen LogP contribution >= 0.6 is 0 Å². The van der Waals surface area contributed by atoms with Crippen LogP contribution in [-0.2, 0) is 11.3 Å². The van der Waals surface area contributed by atoms with Gasteiger partial charge >= 0.3 is 0 Å². The quantitative estimate of drug-likeness (QED) is 0.708. The predicted octanol–water partition coefficient (Wildman–Crippen LogP) is 0.503. The molecule has 94 valence electrons. The first-order chi connectivity index (χ1) is 8.66. The molecule has 1 aromatic rings. The van der Waals surface area contributed by atoms with E-state index in [1.54, 1.807) is 17.0 Å². The summed E-state index contributed by atoms with van der Waals surface area (Å²) >= 11 is 0. The summed E-state index contributed by atoms with van der Waals surface area (Å²) in [6, 6.07) is 5.01. The van der Waals surface area contributed by atoms with E-state index in [0.29, 0.717) is 24.3 Å². The smallest absolute Gasteiger partial charge is 0.255 e. The number of amides is 2. The molecule has 0 bridgehead atoms. The van der Waals surface area contributed by atoms with Crippen LogP contribution < -0.4 is 11.1 Å². The van der Waals surface area contributed by atoms with Crippen LogP contribution in [0.25, 0.3) is 0 Å². The van der Waals surface area contributed by atoms with Gasteiger partial charge in [0.05, 0.1) is 0 Å². The molecule has 18 heavy (non-hydrogen) atoms. The van der Waals surface area contributed by atoms with Crippen LogP contribution in [0.5, 0.6) is 0 Å². The number of carbonyl (C=O) groups is 2. The maximum Gasteiger partial charge on any atom is 0.255 e. The lowest BCUT2D eigenvalue weighted by Crippen LogP contribution is -2.50. The number of fused-ring (bicyclic) bond motifs is 1. The van der Waals surface area contributed by atoms with E-state index in [-0.39, 0.29) is 17.9 Å². The molecule has 2 aliphatic heterocycles. The van der Waals surface area contributed by atoms with E-state index in [0.717, 1.165) is 18.4 Å². The third-order valence-corrected chi connectivity index (χ3v) is 3.60. The van der Waals surface area contributed by atoms with E-state index in [1.165, 1.54) is 0 Å². The predicted molar refractivity (Wildman–Crippen MR) is 66.8 cm³/mol. The number of rotatable bonds is 1. The molecule has 0 aromatic heterocycles.